The first-order chi connectivity index (χ1) is 10.1. The summed E-state index contributed by atoms with van der Waals surface area (Å²) in [6, 6.07) is 2.56. The molecule has 0 radical (unpaired) electrons. The summed E-state index contributed by atoms with van der Waals surface area (Å²) in [5, 5.41) is 0. The third-order valence-corrected chi connectivity index (χ3v) is 4.34. The molecule has 0 fully saturated rings. The van der Waals surface area contributed by atoms with Crippen LogP contribution in [0.1, 0.15) is 57.4 Å². The summed E-state index contributed by atoms with van der Waals surface area (Å²) in [5.41, 5.74) is 2.77. The first-order valence-corrected chi connectivity index (χ1v) is 8.48. The molecular formula is C16H25BrF2N2. The zero-order valence-electron chi connectivity index (χ0n) is 12.6. The molecule has 0 heterocycles. The van der Waals surface area contributed by atoms with Gasteiger partial charge in [-0.05, 0) is 40.9 Å². The monoisotopic (exact) mass is 362 g/mol. The quantitative estimate of drug-likeness (QED) is 0.270. The number of nitrogens with one attached hydrogen (secondary N) is 1. The molecule has 120 valence electrons. The zero-order valence-corrected chi connectivity index (χ0v) is 14.2. The van der Waals surface area contributed by atoms with Gasteiger partial charge in [-0.1, -0.05) is 45.4 Å². The highest BCUT2D eigenvalue weighted by atomic mass is 79.9. The Morgan fingerprint density at radius 2 is 1.81 bits per heavy atom. The van der Waals surface area contributed by atoms with Crippen LogP contribution in [-0.4, -0.2) is 6.04 Å². The van der Waals surface area contributed by atoms with E-state index in [1.807, 2.05) is 0 Å². The molecule has 0 saturated carbocycles. The minimum Gasteiger partial charge on any atom is -0.271 e. The second-order valence-electron chi connectivity index (χ2n) is 5.45. The Bertz CT molecular complexity index is 427. The van der Waals surface area contributed by atoms with Crippen LogP contribution in [0.4, 0.5) is 8.78 Å². The Labute approximate surface area is 134 Å². The maximum absolute atomic E-state index is 13.9. The summed E-state index contributed by atoms with van der Waals surface area (Å²) in [7, 11) is 0. The van der Waals surface area contributed by atoms with Crippen LogP contribution in [0.25, 0.3) is 0 Å². The van der Waals surface area contributed by atoms with E-state index in [1.165, 1.54) is 37.8 Å². The van der Waals surface area contributed by atoms with Crippen LogP contribution < -0.4 is 11.3 Å². The molecule has 0 saturated heterocycles. The molecule has 1 atom stereocenters. The van der Waals surface area contributed by atoms with Crippen molar-refractivity contribution in [1.29, 1.82) is 0 Å². The molecular weight excluding hydrogens is 338 g/mol. The second-order valence-corrected chi connectivity index (χ2v) is 6.30. The average molecular weight is 363 g/mol. The maximum Gasteiger partial charge on any atom is 0.143 e. The smallest absolute Gasteiger partial charge is 0.143 e. The molecule has 5 heteroatoms. The highest BCUT2D eigenvalue weighted by molar-refractivity contribution is 9.10. The first kappa shape index (κ1) is 18.5. The molecule has 3 N–H and O–H groups in total. The van der Waals surface area contributed by atoms with Crippen LogP contribution in [0.2, 0.25) is 0 Å². The van der Waals surface area contributed by atoms with Gasteiger partial charge in [-0.2, -0.15) is 0 Å². The number of benzene rings is 1. The van der Waals surface area contributed by atoms with Crippen molar-refractivity contribution in [2.45, 2.75) is 64.3 Å². The molecule has 0 aliphatic carbocycles. The lowest BCUT2D eigenvalue weighted by molar-refractivity contribution is 0.441. The number of hydrogen-bond acceptors (Lipinski definition) is 2. The van der Waals surface area contributed by atoms with Crippen molar-refractivity contribution in [2.75, 3.05) is 0 Å². The van der Waals surface area contributed by atoms with Gasteiger partial charge in [0.1, 0.15) is 11.6 Å². The van der Waals surface area contributed by atoms with E-state index in [4.69, 9.17) is 5.84 Å². The van der Waals surface area contributed by atoms with Crippen molar-refractivity contribution in [3.05, 3.63) is 33.8 Å². The Morgan fingerprint density at radius 1 is 1.14 bits per heavy atom. The van der Waals surface area contributed by atoms with Gasteiger partial charge in [-0.25, -0.2) is 8.78 Å². The van der Waals surface area contributed by atoms with Gasteiger partial charge in [0.05, 0.1) is 4.47 Å². The lowest BCUT2D eigenvalue weighted by Gasteiger charge is -2.17. The minimum atomic E-state index is -0.529. The predicted octanol–water partition coefficient (Wildman–Crippen LogP) is 4.85. The molecule has 0 bridgehead atoms. The van der Waals surface area contributed by atoms with Crippen molar-refractivity contribution in [2.24, 2.45) is 5.84 Å². The lowest BCUT2D eigenvalue weighted by Crippen LogP contribution is -2.37. The molecule has 2 nitrogen and oxygen atoms in total. The third kappa shape index (κ3) is 6.41. The third-order valence-electron chi connectivity index (χ3n) is 3.73. The first-order valence-electron chi connectivity index (χ1n) is 7.68. The van der Waals surface area contributed by atoms with Crippen molar-refractivity contribution in [3.63, 3.8) is 0 Å². The summed E-state index contributed by atoms with van der Waals surface area (Å²) >= 11 is 3.09. The predicted molar refractivity (Wildman–Crippen MR) is 86.9 cm³/mol. The van der Waals surface area contributed by atoms with E-state index in [-0.39, 0.29) is 22.5 Å². The van der Waals surface area contributed by atoms with Gasteiger partial charge in [-0.15, -0.1) is 0 Å². The van der Waals surface area contributed by atoms with Gasteiger partial charge in [0, 0.05) is 11.6 Å². The van der Waals surface area contributed by atoms with Gasteiger partial charge < -0.3 is 0 Å². The highest BCUT2D eigenvalue weighted by Gasteiger charge is 2.16. The molecule has 1 aromatic rings. The zero-order chi connectivity index (χ0) is 15.7. The van der Waals surface area contributed by atoms with Gasteiger partial charge in [0.25, 0.3) is 0 Å². The van der Waals surface area contributed by atoms with Crippen LogP contribution in [0.3, 0.4) is 0 Å². The van der Waals surface area contributed by atoms with E-state index >= 15 is 0 Å². The molecule has 1 unspecified atom stereocenters. The lowest BCUT2D eigenvalue weighted by atomic mass is 9.99. The Hall–Kier alpha value is -0.520. The number of rotatable bonds is 10. The number of unbranched alkanes of at least 4 members (excludes halogenated alkanes) is 5. The summed E-state index contributed by atoms with van der Waals surface area (Å²) in [6.45, 7) is 2.19. The SMILES string of the molecule is CCCCCCCCC(Cc1c(F)ccc(Br)c1F)NN. The van der Waals surface area contributed by atoms with Crippen molar-refractivity contribution >= 4 is 15.9 Å². The van der Waals surface area contributed by atoms with Crippen LogP contribution >= 0.6 is 15.9 Å². The van der Waals surface area contributed by atoms with Gasteiger partial charge in [-0.3, -0.25) is 11.3 Å². The van der Waals surface area contributed by atoms with E-state index in [0.29, 0.717) is 0 Å². The average Bonchev–Trinajstić information content (AvgIpc) is 2.49. The van der Waals surface area contributed by atoms with E-state index in [0.717, 1.165) is 19.3 Å². The normalized spacial score (nSPS) is 12.6. The van der Waals surface area contributed by atoms with Crippen molar-refractivity contribution in [3.8, 4) is 0 Å². The van der Waals surface area contributed by atoms with Crippen LogP contribution in [0.5, 0.6) is 0 Å². The fourth-order valence-electron chi connectivity index (χ4n) is 2.42. The molecule has 21 heavy (non-hydrogen) atoms. The van der Waals surface area contributed by atoms with Crippen molar-refractivity contribution in [1.82, 2.24) is 5.43 Å². The topological polar surface area (TPSA) is 38.0 Å². The summed E-state index contributed by atoms with van der Waals surface area (Å²) in [6.07, 6.45) is 8.23. The van der Waals surface area contributed by atoms with Gasteiger partial charge in [0.2, 0.25) is 0 Å². The van der Waals surface area contributed by atoms with Gasteiger partial charge >= 0.3 is 0 Å². The number of halogens is 3. The van der Waals surface area contributed by atoms with Crippen molar-refractivity contribution < 1.29 is 8.78 Å². The highest BCUT2D eigenvalue weighted by Crippen LogP contribution is 2.23. The van der Waals surface area contributed by atoms with Gasteiger partial charge in [0.15, 0.2) is 0 Å². The fraction of sp³-hybridized carbons (Fsp3) is 0.625. The molecule has 1 rings (SSSR count). The maximum atomic E-state index is 13.9. The number of hydrogen-bond donors (Lipinski definition) is 2. The molecule has 1 aromatic carbocycles. The van der Waals surface area contributed by atoms with E-state index in [2.05, 4.69) is 28.3 Å². The standard InChI is InChI=1S/C16H25BrF2N2/c1-2-3-4-5-6-7-8-12(21-20)11-13-15(18)10-9-14(17)16(13)19/h9-10,12,21H,2-8,11,20H2,1H3. The molecule has 0 aromatic heterocycles. The Balaban J connectivity index is 2.45. The molecule has 0 aliphatic heterocycles. The van der Waals surface area contributed by atoms with E-state index in [9.17, 15) is 8.78 Å². The number of nitrogens with two attached hydrogens (primary N) is 1. The Morgan fingerprint density at radius 3 is 2.48 bits per heavy atom. The summed E-state index contributed by atoms with van der Waals surface area (Å²) in [5.74, 6) is 4.47. The van der Waals surface area contributed by atoms with E-state index < -0.39 is 11.6 Å². The molecule has 0 aliphatic rings. The van der Waals surface area contributed by atoms with Crippen LogP contribution in [-0.2, 0) is 6.42 Å². The molecule has 0 spiro atoms. The Kier molecular flexibility index (Phi) is 9.04. The number of hydrazine groups is 1. The minimum absolute atomic E-state index is 0.0957. The van der Waals surface area contributed by atoms with Crippen LogP contribution in [0, 0.1) is 11.6 Å². The fourth-order valence-corrected chi connectivity index (χ4v) is 2.79. The van der Waals surface area contributed by atoms with E-state index in [1.54, 1.807) is 0 Å². The largest absolute Gasteiger partial charge is 0.271 e. The summed E-state index contributed by atoms with van der Waals surface area (Å²) in [4.78, 5) is 0. The second kappa shape index (κ2) is 10.2. The van der Waals surface area contributed by atoms with Crippen LogP contribution in [0.15, 0.2) is 16.6 Å². The summed E-state index contributed by atoms with van der Waals surface area (Å²) < 4.78 is 27.9. The molecule has 0 amide bonds.